The molecule has 0 saturated carbocycles. The summed E-state index contributed by atoms with van der Waals surface area (Å²) in [5.74, 6) is 1.86. The highest BCUT2D eigenvalue weighted by Crippen LogP contribution is 2.42. The van der Waals surface area contributed by atoms with E-state index in [1.54, 1.807) is 0 Å². The summed E-state index contributed by atoms with van der Waals surface area (Å²) in [6, 6.07) is 57.3. The van der Waals surface area contributed by atoms with Crippen LogP contribution in [0.25, 0.3) is 88.8 Å². The van der Waals surface area contributed by atoms with Crippen molar-refractivity contribution in [2.24, 2.45) is 0 Å². The summed E-state index contributed by atoms with van der Waals surface area (Å²) in [5.41, 5.74) is 7.46. The Morgan fingerprint density at radius 3 is 1.62 bits per heavy atom. The number of hydrogen-bond donors (Lipinski definition) is 0. The Hall–Kier alpha value is -6.59. The first-order chi connectivity index (χ1) is 23.8. The first-order valence-corrected chi connectivity index (χ1v) is 16.1. The Morgan fingerprint density at radius 1 is 0.354 bits per heavy atom. The molecule has 3 heterocycles. The van der Waals surface area contributed by atoms with E-state index in [0.29, 0.717) is 17.6 Å². The van der Waals surface area contributed by atoms with Crippen molar-refractivity contribution in [1.82, 2.24) is 24.1 Å². The van der Waals surface area contributed by atoms with Gasteiger partial charge in [-0.1, -0.05) is 140 Å². The van der Waals surface area contributed by atoms with Gasteiger partial charge in [-0.05, 0) is 29.7 Å². The topological polar surface area (TPSA) is 48.5 Å². The Bertz CT molecular complexity index is 2770. The van der Waals surface area contributed by atoms with Crippen molar-refractivity contribution in [3.8, 4) is 34.4 Å². The van der Waals surface area contributed by atoms with E-state index in [2.05, 4.69) is 112 Å². The number of fused-ring (bicyclic) bond motifs is 8. The Balaban J connectivity index is 1.36. The fourth-order valence-corrected chi connectivity index (χ4v) is 7.28. The number of rotatable bonds is 4. The van der Waals surface area contributed by atoms with E-state index in [1.165, 1.54) is 32.6 Å². The minimum Gasteiger partial charge on any atom is -0.308 e. The smallest absolute Gasteiger partial charge is 0.238 e. The fourth-order valence-electron chi connectivity index (χ4n) is 7.28. The minimum atomic E-state index is 0.584. The van der Waals surface area contributed by atoms with E-state index >= 15 is 0 Å². The SMILES string of the molecule is c1ccc(-c2nc(-c3ccccc3)nc(-n3c4ccccc4c4c3ccc3c5ccccc5n(-c5cccc6ccccc56)c34)n2)cc1. The van der Waals surface area contributed by atoms with Crippen LogP contribution in [0.2, 0.25) is 0 Å². The zero-order valence-corrected chi connectivity index (χ0v) is 25.8. The Labute approximate surface area is 276 Å². The molecule has 0 unspecified atom stereocenters. The third kappa shape index (κ3) is 3.94. The lowest BCUT2D eigenvalue weighted by atomic mass is 10.1. The van der Waals surface area contributed by atoms with E-state index in [-0.39, 0.29) is 0 Å². The molecular formula is C43H27N5. The van der Waals surface area contributed by atoms with Gasteiger partial charge in [0.1, 0.15) is 0 Å². The molecule has 0 aliphatic heterocycles. The molecule has 10 aromatic rings. The maximum atomic E-state index is 5.15. The van der Waals surface area contributed by atoms with Crippen LogP contribution in [0.5, 0.6) is 0 Å². The van der Waals surface area contributed by atoms with E-state index in [0.717, 1.165) is 38.6 Å². The van der Waals surface area contributed by atoms with Crippen LogP contribution >= 0.6 is 0 Å². The van der Waals surface area contributed by atoms with Crippen molar-refractivity contribution in [1.29, 1.82) is 0 Å². The lowest BCUT2D eigenvalue weighted by Crippen LogP contribution is -2.06. The standard InChI is InChI=1S/C43H27N5/c1-3-15-29(16-4-1)41-44-42(30-17-5-2-6-18-30)46-43(45-41)48-37-24-12-10-22-34(37)39-38(48)27-26-33-32-21-9-11-23-36(32)47(40(33)39)35-25-13-19-28-14-7-8-20-31(28)35/h1-27H. The van der Waals surface area contributed by atoms with Crippen LogP contribution in [0.3, 0.4) is 0 Å². The molecule has 0 aliphatic rings. The van der Waals surface area contributed by atoms with Crippen molar-refractivity contribution >= 4 is 54.4 Å². The van der Waals surface area contributed by atoms with Crippen LogP contribution in [0, 0.1) is 0 Å². The zero-order valence-electron chi connectivity index (χ0n) is 25.8. The molecule has 224 valence electrons. The molecule has 0 bridgehead atoms. The van der Waals surface area contributed by atoms with Gasteiger partial charge in [0, 0.05) is 38.1 Å². The molecule has 0 radical (unpaired) electrons. The van der Waals surface area contributed by atoms with Crippen LogP contribution in [-0.4, -0.2) is 24.1 Å². The molecule has 0 amide bonds. The molecule has 0 N–H and O–H groups in total. The minimum absolute atomic E-state index is 0.584. The monoisotopic (exact) mass is 613 g/mol. The third-order valence-corrected chi connectivity index (χ3v) is 9.36. The molecule has 5 heteroatoms. The van der Waals surface area contributed by atoms with Gasteiger partial charge in [-0.2, -0.15) is 9.97 Å². The lowest BCUT2D eigenvalue weighted by molar-refractivity contribution is 0.953. The van der Waals surface area contributed by atoms with Crippen LogP contribution in [0.4, 0.5) is 0 Å². The largest absolute Gasteiger partial charge is 0.308 e. The number of para-hydroxylation sites is 2. The first-order valence-electron chi connectivity index (χ1n) is 16.1. The maximum absolute atomic E-state index is 5.15. The molecule has 48 heavy (non-hydrogen) atoms. The molecule has 0 aliphatic carbocycles. The lowest BCUT2D eigenvalue weighted by Gasteiger charge is -2.13. The summed E-state index contributed by atoms with van der Waals surface area (Å²) in [7, 11) is 0. The first kappa shape index (κ1) is 26.6. The predicted molar refractivity (Wildman–Crippen MR) is 197 cm³/mol. The second kappa shape index (κ2) is 10.5. The number of benzene rings is 7. The zero-order chi connectivity index (χ0) is 31.6. The van der Waals surface area contributed by atoms with Gasteiger partial charge in [0.25, 0.3) is 0 Å². The molecule has 0 atom stereocenters. The summed E-state index contributed by atoms with van der Waals surface area (Å²) in [6.45, 7) is 0. The number of hydrogen-bond acceptors (Lipinski definition) is 3. The number of nitrogens with zero attached hydrogens (tertiary/aromatic N) is 5. The van der Waals surface area contributed by atoms with Crippen molar-refractivity contribution in [2.75, 3.05) is 0 Å². The molecule has 0 fully saturated rings. The van der Waals surface area contributed by atoms with Gasteiger partial charge in [-0.3, -0.25) is 4.57 Å². The summed E-state index contributed by atoms with van der Waals surface area (Å²) in [5, 5.41) is 7.15. The molecule has 3 aromatic heterocycles. The normalized spacial score (nSPS) is 11.8. The van der Waals surface area contributed by atoms with E-state index < -0.39 is 0 Å². The molecular weight excluding hydrogens is 587 g/mol. The highest BCUT2D eigenvalue weighted by molar-refractivity contribution is 6.26. The maximum Gasteiger partial charge on any atom is 0.238 e. The highest BCUT2D eigenvalue weighted by Gasteiger charge is 2.23. The average Bonchev–Trinajstić information content (AvgIpc) is 3.68. The highest BCUT2D eigenvalue weighted by atomic mass is 15.2. The summed E-state index contributed by atoms with van der Waals surface area (Å²) >= 11 is 0. The van der Waals surface area contributed by atoms with Gasteiger partial charge in [0.15, 0.2) is 11.6 Å². The molecule has 7 aromatic carbocycles. The van der Waals surface area contributed by atoms with E-state index in [1.807, 2.05) is 60.7 Å². The van der Waals surface area contributed by atoms with Crippen LogP contribution < -0.4 is 0 Å². The van der Waals surface area contributed by atoms with Crippen LogP contribution in [0.1, 0.15) is 0 Å². The van der Waals surface area contributed by atoms with Crippen LogP contribution in [0.15, 0.2) is 164 Å². The van der Waals surface area contributed by atoms with Crippen molar-refractivity contribution in [3.05, 3.63) is 164 Å². The Kier molecular flexibility index (Phi) is 5.81. The predicted octanol–water partition coefficient (Wildman–Crippen LogP) is 10.6. The van der Waals surface area contributed by atoms with Gasteiger partial charge >= 0.3 is 0 Å². The third-order valence-electron chi connectivity index (χ3n) is 9.36. The van der Waals surface area contributed by atoms with Gasteiger partial charge in [-0.15, -0.1) is 0 Å². The number of aromatic nitrogens is 5. The van der Waals surface area contributed by atoms with Gasteiger partial charge in [-0.25, -0.2) is 4.98 Å². The summed E-state index contributed by atoms with van der Waals surface area (Å²) < 4.78 is 4.65. The summed E-state index contributed by atoms with van der Waals surface area (Å²) in [6.07, 6.45) is 0. The second-order valence-corrected chi connectivity index (χ2v) is 12.1. The average molecular weight is 614 g/mol. The molecule has 0 spiro atoms. The van der Waals surface area contributed by atoms with E-state index in [9.17, 15) is 0 Å². The second-order valence-electron chi connectivity index (χ2n) is 12.1. The Morgan fingerprint density at radius 2 is 0.917 bits per heavy atom. The van der Waals surface area contributed by atoms with Crippen molar-refractivity contribution in [2.45, 2.75) is 0 Å². The molecule has 10 rings (SSSR count). The molecule has 5 nitrogen and oxygen atoms in total. The van der Waals surface area contributed by atoms with Gasteiger partial charge in [0.05, 0.1) is 27.8 Å². The van der Waals surface area contributed by atoms with Crippen molar-refractivity contribution < 1.29 is 0 Å². The van der Waals surface area contributed by atoms with Crippen molar-refractivity contribution in [3.63, 3.8) is 0 Å². The van der Waals surface area contributed by atoms with Gasteiger partial charge in [0.2, 0.25) is 5.95 Å². The quantitative estimate of drug-likeness (QED) is 0.198. The molecule has 0 saturated heterocycles. The fraction of sp³-hybridized carbons (Fsp3) is 0. The van der Waals surface area contributed by atoms with Crippen LogP contribution in [-0.2, 0) is 0 Å². The van der Waals surface area contributed by atoms with E-state index in [4.69, 9.17) is 15.0 Å². The van der Waals surface area contributed by atoms with Gasteiger partial charge < -0.3 is 4.57 Å². The summed E-state index contributed by atoms with van der Waals surface area (Å²) in [4.78, 5) is 15.3.